The van der Waals surface area contributed by atoms with E-state index in [1.165, 1.54) is 0 Å². The van der Waals surface area contributed by atoms with Crippen molar-refractivity contribution in [2.24, 2.45) is 7.05 Å². The van der Waals surface area contributed by atoms with Crippen molar-refractivity contribution < 1.29 is 4.79 Å². The summed E-state index contributed by atoms with van der Waals surface area (Å²) in [5.41, 5.74) is 2.10. The van der Waals surface area contributed by atoms with E-state index in [0.717, 1.165) is 11.4 Å². The highest BCUT2D eigenvalue weighted by molar-refractivity contribution is 6.39. The predicted octanol–water partition coefficient (Wildman–Crippen LogP) is 3.46. The van der Waals surface area contributed by atoms with Crippen LogP contribution in [0, 0.1) is 6.92 Å². The lowest BCUT2D eigenvalue weighted by molar-refractivity contribution is 0.0991. The molecule has 0 aliphatic heterocycles. The van der Waals surface area contributed by atoms with Gasteiger partial charge < -0.3 is 0 Å². The van der Waals surface area contributed by atoms with Gasteiger partial charge in [-0.15, -0.1) is 0 Å². The van der Waals surface area contributed by atoms with Gasteiger partial charge in [-0.2, -0.15) is 5.10 Å². The van der Waals surface area contributed by atoms with Crippen LogP contribution in [0.5, 0.6) is 0 Å². The van der Waals surface area contributed by atoms with E-state index in [1.54, 1.807) is 22.9 Å². The van der Waals surface area contributed by atoms with Crippen LogP contribution in [0.2, 0.25) is 10.0 Å². The smallest absolute Gasteiger partial charge is 0.171 e. The van der Waals surface area contributed by atoms with E-state index in [0.29, 0.717) is 15.6 Å². The van der Waals surface area contributed by atoms with Crippen LogP contribution in [-0.4, -0.2) is 15.6 Å². The summed E-state index contributed by atoms with van der Waals surface area (Å²) in [5, 5.41) is 4.96. The van der Waals surface area contributed by atoms with Crippen molar-refractivity contribution >= 4 is 29.0 Å². The number of halogens is 2. The van der Waals surface area contributed by atoms with Gasteiger partial charge in [0.25, 0.3) is 0 Å². The number of ketones is 1. The Balaban J connectivity index is 2.30. The SMILES string of the molecule is Cc1cc(CC(=O)c2c(Cl)cccc2Cl)n(C)n1. The molecule has 2 rings (SSSR count). The van der Waals surface area contributed by atoms with Crippen molar-refractivity contribution in [3.8, 4) is 0 Å². The Morgan fingerprint density at radius 2 is 1.94 bits per heavy atom. The molecule has 0 radical (unpaired) electrons. The fourth-order valence-corrected chi connectivity index (χ4v) is 2.45. The molecule has 0 aliphatic rings. The van der Waals surface area contributed by atoms with Crippen LogP contribution in [0.15, 0.2) is 24.3 Å². The van der Waals surface area contributed by atoms with E-state index < -0.39 is 0 Å². The van der Waals surface area contributed by atoms with Gasteiger partial charge in [-0.25, -0.2) is 0 Å². The molecule has 0 fully saturated rings. The summed E-state index contributed by atoms with van der Waals surface area (Å²) in [6.07, 6.45) is 0.237. The number of aryl methyl sites for hydroxylation is 2. The first-order valence-corrected chi connectivity index (χ1v) is 6.21. The fourth-order valence-electron chi connectivity index (χ4n) is 1.85. The Morgan fingerprint density at radius 3 is 2.44 bits per heavy atom. The van der Waals surface area contributed by atoms with Gasteiger partial charge in [-0.3, -0.25) is 9.48 Å². The Bertz CT molecular complexity index is 585. The molecule has 3 nitrogen and oxygen atoms in total. The molecule has 0 unspecified atom stereocenters. The Morgan fingerprint density at radius 1 is 1.33 bits per heavy atom. The third-order valence-corrected chi connectivity index (χ3v) is 3.31. The molecule has 0 aliphatic carbocycles. The number of Topliss-reactive ketones (excluding diaryl/α,β-unsaturated/α-hetero) is 1. The first-order chi connectivity index (χ1) is 8.49. The van der Waals surface area contributed by atoms with Crippen LogP contribution < -0.4 is 0 Å². The molecule has 0 spiro atoms. The number of rotatable bonds is 3. The molecule has 0 amide bonds. The highest BCUT2D eigenvalue weighted by atomic mass is 35.5. The molecule has 18 heavy (non-hydrogen) atoms. The largest absolute Gasteiger partial charge is 0.294 e. The van der Waals surface area contributed by atoms with Crippen LogP contribution in [-0.2, 0) is 13.5 Å². The summed E-state index contributed by atoms with van der Waals surface area (Å²) >= 11 is 12.0. The minimum atomic E-state index is -0.103. The van der Waals surface area contributed by atoms with Crippen molar-refractivity contribution in [1.29, 1.82) is 0 Å². The second kappa shape index (κ2) is 5.12. The number of aromatic nitrogens is 2. The maximum Gasteiger partial charge on any atom is 0.171 e. The molecule has 0 bridgehead atoms. The molecular weight excluding hydrogens is 271 g/mol. The summed E-state index contributed by atoms with van der Waals surface area (Å²) < 4.78 is 1.69. The molecule has 1 aromatic heterocycles. The maximum absolute atomic E-state index is 12.2. The van der Waals surface area contributed by atoms with E-state index in [4.69, 9.17) is 23.2 Å². The Labute approximate surface area is 115 Å². The van der Waals surface area contributed by atoms with Crippen molar-refractivity contribution in [3.63, 3.8) is 0 Å². The molecule has 0 N–H and O–H groups in total. The maximum atomic E-state index is 12.2. The monoisotopic (exact) mass is 282 g/mol. The average Bonchev–Trinajstić information content (AvgIpc) is 2.57. The summed E-state index contributed by atoms with van der Waals surface area (Å²) in [6.45, 7) is 1.89. The lowest BCUT2D eigenvalue weighted by atomic mass is 10.1. The minimum absolute atomic E-state index is 0.103. The molecule has 5 heteroatoms. The van der Waals surface area contributed by atoms with Gasteiger partial charge in [0.2, 0.25) is 0 Å². The number of hydrogen-bond acceptors (Lipinski definition) is 2. The number of carbonyl (C=O) groups is 1. The van der Waals surface area contributed by atoms with Crippen molar-refractivity contribution in [3.05, 3.63) is 51.3 Å². The first-order valence-electron chi connectivity index (χ1n) is 5.45. The van der Waals surface area contributed by atoms with E-state index in [-0.39, 0.29) is 12.2 Å². The third-order valence-electron chi connectivity index (χ3n) is 2.68. The predicted molar refractivity (Wildman–Crippen MR) is 72.4 cm³/mol. The summed E-state index contributed by atoms with van der Waals surface area (Å²) in [5.74, 6) is -0.103. The van der Waals surface area contributed by atoms with Gasteiger partial charge in [0.05, 0.1) is 27.7 Å². The van der Waals surface area contributed by atoms with Gasteiger partial charge in [0.1, 0.15) is 0 Å². The van der Waals surface area contributed by atoms with Crippen LogP contribution in [0.1, 0.15) is 21.7 Å². The second-order valence-corrected chi connectivity index (χ2v) is 4.91. The topological polar surface area (TPSA) is 34.9 Å². The molecule has 1 aromatic carbocycles. The quantitative estimate of drug-likeness (QED) is 0.808. The molecule has 2 aromatic rings. The highest BCUT2D eigenvalue weighted by Crippen LogP contribution is 2.25. The lowest BCUT2D eigenvalue weighted by Crippen LogP contribution is -2.09. The van der Waals surface area contributed by atoms with Crippen LogP contribution >= 0.6 is 23.2 Å². The zero-order valence-electron chi connectivity index (χ0n) is 10.1. The fraction of sp³-hybridized carbons (Fsp3) is 0.231. The molecule has 1 heterocycles. The van der Waals surface area contributed by atoms with Crippen molar-refractivity contribution in [2.45, 2.75) is 13.3 Å². The zero-order chi connectivity index (χ0) is 13.3. The van der Waals surface area contributed by atoms with Crippen LogP contribution in [0.4, 0.5) is 0 Å². The number of carbonyl (C=O) groups excluding carboxylic acids is 1. The van der Waals surface area contributed by atoms with Crippen LogP contribution in [0.3, 0.4) is 0 Å². The normalized spacial score (nSPS) is 10.7. The van der Waals surface area contributed by atoms with E-state index in [9.17, 15) is 4.79 Å². The zero-order valence-corrected chi connectivity index (χ0v) is 11.6. The van der Waals surface area contributed by atoms with Gasteiger partial charge >= 0.3 is 0 Å². The summed E-state index contributed by atoms with van der Waals surface area (Å²) in [6, 6.07) is 6.92. The number of hydrogen-bond donors (Lipinski definition) is 0. The van der Waals surface area contributed by atoms with Crippen LogP contribution in [0.25, 0.3) is 0 Å². The Hall–Kier alpha value is -1.32. The van der Waals surface area contributed by atoms with Gasteiger partial charge in [0, 0.05) is 12.7 Å². The molecule has 94 valence electrons. The third kappa shape index (κ3) is 2.57. The number of nitrogens with zero attached hydrogens (tertiary/aromatic N) is 2. The van der Waals surface area contributed by atoms with Gasteiger partial charge in [-0.05, 0) is 25.1 Å². The standard InChI is InChI=1S/C13H12Cl2N2O/c1-8-6-9(17(2)16-8)7-12(18)13-10(14)4-3-5-11(13)15/h3-6H,7H2,1-2H3. The number of benzene rings is 1. The van der Waals surface area contributed by atoms with Gasteiger partial charge in [-0.1, -0.05) is 29.3 Å². The van der Waals surface area contributed by atoms with Crippen molar-refractivity contribution in [1.82, 2.24) is 9.78 Å². The molecular formula is C13H12Cl2N2O. The Kier molecular flexibility index (Phi) is 3.73. The van der Waals surface area contributed by atoms with E-state index in [2.05, 4.69) is 5.10 Å². The molecule has 0 atom stereocenters. The summed E-state index contributed by atoms with van der Waals surface area (Å²) in [4.78, 5) is 12.2. The van der Waals surface area contributed by atoms with Gasteiger partial charge in [0.15, 0.2) is 5.78 Å². The molecule has 0 saturated heterocycles. The highest BCUT2D eigenvalue weighted by Gasteiger charge is 2.16. The average molecular weight is 283 g/mol. The molecule has 0 saturated carbocycles. The minimum Gasteiger partial charge on any atom is -0.294 e. The van der Waals surface area contributed by atoms with E-state index >= 15 is 0 Å². The van der Waals surface area contributed by atoms with E-state index in [1.807, 2.05) is 20.0 Å². The van der Waals surface area contributed by atoms with Crippen molar-refractivity contribution in [2.75, 3.05) is 0 Å². The second-order valence-electron chi connectivity index (χ2n) is 4.10. The first kappa shape index (κ1) is 13.1. The summed E-state index contributed by atoms with van der Waals surface area (Å²) in [7, 11) is 1.81. The lowest BCUT2D eigenvalue weighted by Gasteiger charge is -2.06.